The highest BCUT2D eigenvalue weighted by molar-refractivity contribution is 7.16. The minimum absolute atomic E-state index is 0.131. The van der Waals surface area contributed by atoms with Crippen LogP contribution in [0.4, 0.5) is 0 Å². The summed E-state index contributed by atoms with van der Waals surface area (Å²) in [6.45, 7) is 1.84. The highest BCUT2D eigenvalue weighted by atomic mass is 35.5. The van der Waals surface area contributed by atoms with Crippen LogP contribution in [0.5, 0.6) is 11.8 Å². The van der Waals surface area contributed by atoms with Crippen molar-refractivity contribution in [3.63, 3.8) is 0 Å². The minimum atomic E-state index is -1.22. The van der Waals surface area contributed by atoms with Gasteiger partial charge in [0, 0.05) is 17.9 Å². The summed E-state index contributed by atoms with van der Waals surface area (Å²) in [6, 6.07) is 10.3. The van der Waals surface area contributed by atoms with Crippen LogP contribution in [-0.2, 0) is 22.5 Å². The van der Waals surface area contributed by atoms with Crippen LogP contribution in [0.1, 0.15) is 30.9 Å². The number of aliphatic hydroxyl groups is 1. The zero-order chi connectivity index (χ0) is 25.0. The van der Waals surface area contributed by atoms with Gasteiger partial charge in [-0.1, -0.05) is 11.6 Å². The van der Waals surface area contributed by atoms with Crippen molar-refractivity contribution in [2.45, 2.75) is 43.6 Å². The van der Waals surface area contributed by atoms with E-state index in [0.717, 1.165) is 10.2 Å². The molecule has 184 valence electrons. The number of aromatic hydroxyl groups is 2. The third-order valence-electron chi connectivity index (χ3n) is 7.54. The molecule has 5 aromatic rings. The van der Waals surface area contributed by atoms with E-state index >= 15 is 0 Å². The number of thiazole rings is 1. The van der Waals surface area contributed by atoms with Crippen molar-refractivity contribution in [2.75, 3.05) is 0 Å². The predicted octanol–water partition coefficient (Wildman–Crippen LogP) is 4.36. The molecule has 0 saturated carbocycles. The summed E-state index contributed by atoms with van der Waals surface area (Å²) in [7, 11) is 0. The van der Waals surface area contributed by atoms with Gasteiger partial charge in [-0.15, -0.1) is 11.3 Å². The molecule has 2 aliphatic rings. The van der Waals surface area contributed by atoms with Crippen molar-refractivity contribution >= 4 is 44.1 Å². The summed E-state index contributed by atoms with van der Waals surface area (Å²) < 4.78 is 15.6. The van der Waals surface area contributed by atoms with Gasteiger partial charge in [0.25, 0.3) is 5.56 Å². The molecule has 0 unspecified atom stereocenters. The molecular weight excluding hydrogens is 506 g/mol. The first-order valence-corrected chi connectivity index (χ1v) is 12.7. The van der Waals surface area contributed by atoms with Gasteiger partial charge in [-0.25, -0.2) is 4.98 Å². The summed E-state index contributed by atoms with van der Waals surface area (Å²) in [6.07, 6.45) is -0.492. The van der Waals surface area contributed by atoms with Gasteiger partial charge >= 0.3 is 0 Å². The molecule has 2 bridgehead atoms. The van der Waals surface area contributed by atoms with Crippen molar-refractivity contribution in [1.29, 1.82) is 0 Å². The summed E-state index contributed by atoms with van der Waals surface area (Å²) in [5.41, 5.74) is 1.64. The number of nitrogens with zero attached hydrogens (tertiary/aromatic N) is 3. The largest absolute Gasteiger partial charge is 0.494 e. The first-order chi connectivity index (χ1) is 17.2. The third-order valence-corrected chi connectivity index (χ3v) is 8.56. The van der Waals surface area contributed by atoms with Crippen molar-refractivity contribution < 1.29 is 24.6 Å². The van der Waals surface area contributed by atoms with E-state index in [1.54, 1.807) is 36.7 Å². The van der Waals surface area contributed by atoms with Gasteiger partial charge in [0.15, 0.2) is 5.58 Å². The second-order valence-corrected chi connectivity index (χ2v) is 10.9. The number of rotatable bonds is 4. The van der Waals surface area contributed by atoms with Crippen LogP contribution < -0.4 is 5.56 Å². The summed E-state index contributed by atoms with van der Waals surface area (Å²) in [5.74, 6) is -0.351. The van der Waals surface area contributed by atoms with E-state index in [1.807, 2.05) is 12.1 Å². The number of aliphatic hydroxyl groups excluding tert-OH is 1. The lowest BCUT2D eigenvalue weighted by Crippen LogP contribution is -2.33. The van der Waals surface area contributed by atoms with Crippen molar-refractivity contribution in [1.82, 2.24) is 14.3 Å². The first kappa shape index (κ1) is 21.9. The Hall–Kier alpha value is -3.31. The fourth-order valence-electron chi connectivity index (χ4n) is 5.82. The number of aryl methyl sites for hydroxylation is 1. The Kier molecular flexibility index (Phi) is 4.35. The quantitative estimate of drug-likeness (QED) is 0.318. The molecule has 0 aliphatic carbocycles. The predicted molar refractivity (Wildman–Crippen MR) is 133 cm³/mol. The molecule has 5 heterocycles. The van der Waals surface area contributed by atoms with Crippen LogP contribution in [0, 0.1) is 0 Å². The number of aromatic nitrogens is 3. The van der Waals surface area contributed by atoms with E-state index in [-0.39, 0.29) is 36.7 Å². The first-order valence-electron chi connectivity index (χ1n) is 11.4. The standard InChI is InChI=1S/C25H20ClN3O6S/c1-24-18(30)10-25(35-24,6-7-28-21(31)14-8-12(26)2-5-16(14)34-28)20-19(24)22(32)29(23(20)33)13-3-4-15-17(9-13)36-11-27-15/h2-5,8-9,11,18,30,32-33H,6-7,10H2,1H3/t18-,24-,25+/m0/s1. The maximum absolute atomic E-state index is 12.9. The average Bonchev–Trinajstić information content (AvgIpc) is 3.60. The fourth-order valence-corrected chi connectivity index (χ4v) is 6.70. The van der Waals surface area contributed by atoms with Gasteiger partial charge in [0.05, 0.1) is 50.6 Å². The summed E-state index contributed by atoms with van der Waals surface area (Å²) in [4.78, 5) is 17.2. The maximum Gasteiger partial charge on any atom is 0.290 e. The lowest BCUT2D eigenvalue weighted by Gasteiger charge is -2.26. The highest BCUT2D eigenvalue weighted by Crippen LogP contribution is 2.65. The number of benzene rings is 2. The van der Waals surface area contributed by atoms with E-state index in [9.17, 15) is 20.1 Å². The molecule has 1 fully saturated rings. The average molecular weight is 526 g/mol. The fraction of sp³-hybridized carbons (Fsp3) is 0.280. The molecule has 2 aliphatic heterocycles. The Morgan fingerprint density at radius 3 is 2.83 bits per heavy atom. The molecule has 3 aromatic heterocycles. The molecule has 0 amide bonds. The van der Waals surface area contributed by atoms with E-state index in [2.05, 4.69) is 4.98 Å². The number of ether oxygens (including phenoxy) is 1. The summed E-state index contributed by atoms with van der Waals surface area (Å²) >= 11 is 7.49. The zero-order valence-electron chi connectivity index (χ0n) is 18.9. The molecule has 3 N–H and O–H groups in total. The highest BCUT2D eigenvalue weighted by Gasteiger charge is 2.66. The van der Waals surface area contributed by atoms with Gasteiger partial charge in [-0.2, -0.15) is 4.74 Å². The van der Waals surface area contributed by atoms with Gasteiger partial charge < -0.3 is 24.6 Å². The zero-order valence-corrected chi connectivity index (χ0v) is 20.5. The van der Waals surface area contributed by atoms with E-state index in [4.69, 9.17) is 20.9 Å². The maximum atomic E-state index is 12.9. The second-order valence-electron chi connectivity index (χ2n) is 9.55. The topological polar surface area (TPSA) is 123 Å². The van der Waals surface area contributed by atoms with Crippen molar-refractivity contribution in [3.8, 4) is 17.4 Å². The molecule has 1 saturated heterocycles. The minimum Gasteiger partial charge on any atom is -0.494 e. The van der Waals surface area contributed by atoms with Crippen LogP contribution in [0.2, 0.25) is 5.02 Å². The molecule has 7 rings (SSSR count). The van der Waals surface area contributed by atoms with Crippen LogP contribution in [0.25, 0.3) is 26.9 Å². The normalized spacial score (nSPS) is 24.8. The molecule has 2 aromatic carbocycles. The van der Waals surface area contributed by atoms with Gasteiger partial charge in [-0.3, -0.25) is 9.36 Å². The van der Waals surface area contributed by atoms with Gasteiger partial charge in [-0.05, 0) is 43.3 Å². The van der Waals surface area contributed by atoms with Crippen LogP contribution in [0.3, 0.4) is 0 Å². The molecule has 9 nitrogen and oxygen atoms in total. The van der Waals surface area contributed by atoms with Crippen molar-refractivity contribution in [3.05, 3.63) is 68.4 Å². The van der Waals surface area contributed by atoms with Gasteiger partial charge in [0.1, 0.15) is 11.2 Å². The SMILES string of the molecule is C[C@]12O[C@](CCn3oc4ccc(Cl)cc4c3=O)(C[C@@H]1O)c1c2c(O)n(-c2ccc3ncsc3c2)c1O. The van der Waals surface area contributed by atoms with E-state index < -0.39 is 17.3 Å². The monoisotopic (exact) mass is 525 g/mol. The number of halogens is 1. The van der Waals surface area contributed by atoms with Gasteiger partial charge in [0.2, 0.25) is 11.8 Å². The number of hydrogen-bond donors (Lipinski definition) is 3. The molecule has 36 heavy (non-hydrogen) atoms. The lowest BCUT2D eigenvalue weighted by atomic mass is 9.76. The lowest BCUT2D eigenvalue weighted by molar-refractivity contribution is -0.107. The Morgan fingerprint density at radius 1 is 1.19 bits per heavy atom. The van der Waals surface area contributed by atoms with E-state index in [1.165, 1.54) is 20.6 Å². The second kappa shape index (κ2) is 7.13. The summed E-state index contributed by atoms with van der Waals surface area (Å²) in [5, 5.41) is 34.5. The van der Waals surface area contributed by atoms with Crippen LogP contribution in [-0.4, -0.2) is 35.7 Å². The Balaban J connectivity index is 1.33. The molecular formula is C25H20ClN3O6S. The molecule has 11 heteroatoms. The molecule has 0 spiro atoms. The van der Waals surface area contributed by atoms with Crippen LogP contribution >= 0.6 is 22.9 Å². The third kappa shape index (κ3) is 2.72. The number of hydrogen-bond acceptors (Lipinski definition) is 8. The van der Waals surface area contributed by atoms with Crippen LogP contribution in [0.15, 0.2) is 51.2 Å². The van der Waals surface area contributed by atoms with E-state index in [0.29, 0.717) is 32.8 Å². The molecule has 3 atom stereocenters. The Morgan fingerprint density at radius 2 is 2.00 bits per heavy atom. The van der Waals surface area contributed by atoms with Crippen molar-refractivity contribution in [2.24, 2.45) is 0 Å². The molecule has 0 radical (unpaired) electrons. The number of fused-ring (bicyclic) bond motifs is 7. The Labute approximate surface area is 212 Å². The smallest absolute Gasteiger partial charge is 0.290 e. The Bertz CT molecular complexity index is 1770.